The zero-order valence-electron chi connectivity index (χ0n) is 11.4. The van der Waals surface area contributed by atoms with Crippen LogP contribution in [0.2, 0.25) is 0 Å². The van der Waals surface area contributed by atoms with Gasteiger partial charge in [0.25, 0.3) is 0 Å². The van der Waals surface area contributed by atoms with Crippen molar-refractivity contribution in [3.63, 3.8) is 0 Å². The molecule has 3 N–H and O–H groups in total. The van der Waals surface area contributed by atoms with Crippen LogP contribution in [0.5, 0.6) is 0 Å². The number of hydrogen-bond donors (Lipinski definition) is 2. The second-order valence-corrected chi connectivity index (χ2v) is 5.30. The van der Waals surface area contributed by atoms with Crippen molar-refractivity contribution in [1.29, 1.82) is 0 Å². The number of hydrogen-bond acceptors (Lipinski definition) is 7. The first kappa shape index (κ1) is 13.6. The lowest BCUT2D eigenvalue weighted by molar-refractivity contribution is 0.391. The van der Waals surface area contributed by atoms with Crippen LogP contribution in [-0.4, -0.2) is 25.3 Å². The van der Waals surface area contributed by atoms with Gasteiger partial charge in [0.15, 0.2) is 0 Å². The third-order valence-electron chi connectivity index (χ3n) is 2.90. The molecular formula is C13H14N6OS. The molecular weight excluding hydrogens is 288 g/mol. The third kappa shape index (κ3) is 3.22. The fourth-order valence-electron chi connectivity index (χ4n) is 1.77. The number of aryl methyl sites for hydroxylation is 1. The Kier molecular flexibility index (Phi) is 3.87. The van der Waals surface area contributed by atoms with Crippen molar-refractivity contribution >= 4 is 17.7 Å². The summed E-state index contributed by atoms with van der Waals surface area (Å²) in [6.45, 7) is 2.12. The van der Waals surface area contributed by atoms with E-state index in [-0.39, 0.29) is 0 Å². The molecule has 21 heavy (non-hydrogen) atoms. The molecule has 1 aromatic carbocycles. The predicted octanol–water partition coefficient (Wildman–Crippen LogP) is 2.29. The quantitative estimate of drug-likeness (QED) is 0.696. The molecule has 0 radical (unpaired) electrons. The van der Waals surface area contributed by atoms with Crippen LogP contribution in [0.3, 0.4) is 0 Å². The molecule has 0 saturated carbocycles. The summed E-state index contributed by atoms with van der Waals surface area (Å²) in [4.78, 5) is 8.36. The molecule has 3 aromatic rings. The Morgan fingerprint density at radius 1 is 1.24 bits per heavy atom. The number of nitrogens with zero attached hydrogens (tertiary/aromatic N) is 4. The van der Waals surface area contributed by atoms with E-state index in [0.29, 0.717) is 28.6 Å². The van der Waals surface area contributed by atoms with Crippen LogP contribution < -0.4 is 5.73 Å². The molecule has 2 aromatic heterocycles. The Labute approximate surface area is 125 Å². The molecule has 0 spiro atoms. The van der Waals surface area contributed by atoms with Crippen molar-refractivity contribution < 1.29 is 4.52 Å². The minimum atomic E-state index is 0.291. The van der Waals surface area contributed by atoms with Crippen LogP contribution in [-0.2, 0) is 12.2 Å². The molecule has 7 nitrogen and oxygen atoms in total. The van der Waals surface area contributed by atoms with Gasteiger partial charge in [-0.2, -0.15) is 9.97 Å². The van der Waals surface area contributed by atoms with E-state index in [1.807, 2.05) is 12.1 Å². The summed E-state index contributed by atoms with van der Waals surface area (Å²) in [7, 11) is 0. The molecule has 0 aliphatic carbocycles. The number of nitrogens with two attached hydrogens (primary N) is 1. The fourth-order valence-corrected chi connectivity index (χ4v) is 2.41. The van der Waals surface area contributed by atoms with Crippen molar-refractivity contribution in [3.8, 4) is 11.4 Å². The SMILES string of the molecule is CCc1ccc(-c2noc(CSc3n[nH]c(N)n3)n2)cc1. The van der Waals surface area contributed by atoms with Crippen molar-refractivity contribution in [2.75, 3.05) is 5.73 Å². The largest absolute Gasteiger partial charge is 0.368 e. The third-order valence-corrected chi connectivity index (χ3v) is 3.73. The molecule has 0 atom stereocenters. The molecule has 2 heterocycles. The maximum atomic E-state index is 5.46. The van der Waals surface area contributed by atoms with Gasteiger partial charge in [-0.25, -0.2) is 5.10 Å². The number of aromatic amines is 1. The van der Waals surface area contributed by atoms with E-state index in [1.165, 1.54) is 17.3 Å². The van der Waals surface area contributed by atoms with Crippen molar-refractivity contribution in [1.82, 2.24) is 25.3 Å². The van der Waals surface area contributed by atoms with Gasteiger partial charge in [-0.05, 0) is 12.0 Å². The highest BCUT2D eigenvalue weighted by atomic mass is 32.2. The zero-order chi connectivity index (χ0) is 14.7. The normalized spacial score (nSPS) is 10.9. The van der Waals surface area contributed by atoms with Gasteiger partial charge < -0.3 is 10.3 Å². The molecule has 8 heteroatoms. The average Bonchev–Trinajstić information content (AvgIpc) is 3.14. The average molecular weight is 302 g/mol. The lowest BCUT2D eigenvalue weighted by Gasteiger charge is -1.97. The van der Waals surface area contributed by atoms with Gasteiger partial charge in [-0.1, -0.05) is 48.1 Å². The van der Waals surface area contributed by atoms with Crippen molar-refractivity contribution in [2.24, 2.45) is 0 Å². The summed E-state index contributed by atoms with van der Waals surface area (Å²) < 4.78 is 5.23. The molecule has 0 bridgehead atoms. The van der Waals surface area contributed by atoms with Crippen LogP contribution in [0.1, 0.15) is 18.4 Å². The number of thioether (sulfide) groups is 1. The van der Waals surface area contributed by atoms with E-state index >= 15 is 0 Å². The zero-order valence-corrected chi connectivity index (χ0v) is 12.2. The lowest BCUT2D eigenvalue weighted by Crippen LogP contribution is -1.86. The molecule has 0 saturated heterocycles. The number of anilines is 1. The van der Waals surface area contributed by atoms with Gasteiger partial charge in [0, 0.05) is 5.56 Å². The second kappa shape index (κ2) is 5.96. The standard InChI is InChI=1S/C13H14N6OS/c1-2-8-3-5-9(6-4-8)11-15-10(20-19-11)7-21-13-16-12(14)17-18-13/h3-6H,2,7H2,1H3,(H3,14,16,17,18). The maximum absolute atomic E-state index is 5.46. The van der Waals surface area contributed by atoms with E-state index in [2.05, 4.69) is 44.4 Å². The van der Waals surface area contributed by atoms with Gasteiger partial charge in [0.1, 0.15) is 0 Å². The summed E-state index contributed by atoms with van der Waals surface area (Å²) in [5.74, 6) is 1.90. The van der Waals surface area contributed by atoms with E-state index in [9.17, 15) is 0 Å². The fraction of sp³-hybridized carbons (Fsp3) is 0.231. The number of benzene rings is 1. The van der Waals surface area contributed by atoms with Crippen LogP contribution in [0.15, 0.2) is 33.9 Å². The van der Waals surface area contributed by atoms with Gasteiger partial charge in [-0.15, -0.1) is 5.10 Å². The number of rotatable bonds is 5. The highest BCUT2D eigenvalue weighted by Crippen LogP contribution is 2.21. The Morgan fingerprint density at radius 2 is 2.05 bits per heavy atom. The van der Waals surface area contributed by atoms with Crippen LogP contribution in [0, 0.1) is 0 Å². The molecule has 108 valence electrons. The topological polar surface area (TPSA) is 107 Å². The van der Waals surface area contributed by atoms with E-state index in [1.54, 1.807) is 0 Å². The Bertz CT molecular complexity index is 720. The molecule has 3 rings (SSSR count). The Morgan fingerprint density at radius 3 is 2.71 bits per heavy atom. The van der Waals surface area contributed by atoms with Gasteiger partial charge in [0.05, 0.1) is 5.75 Å². The smallest absolute Gasteiger partial charge is 0.237 e. The number of H-pyrrole nitrogens is 1. The van der Waals surface area contributed by atoms with Crippen LogP contribution >= 0.6 is 11.8 Å². The summed E-state index contributed by atoms with van der Waals surface area (Å²) in [5.41, 5.74) is 7.67. The molecule has 0 aliphatic rings. The Balaban J connectivity index is 1.67. The molecule has 0 aliphatic heterocycles. The summed E-state index contributed by atoms with van der Waals surface area (Å²) in [6.07, 6.45) is 1.01. The van der Waals surface area contributed by atoms with Gasteiger partial charge >= 0.3 is 0 Å². The van der Waals surface area contributed by atoms with Crippen molar-refractivity contribution in [3.05, 3.63) is 35.7 Å². The van der Waals surface area contributed by atoms with Gasteiger partial charge in [-0.3, -0.25) is 0 Å². The highest BCUT2D eigenvalue weighted by molar-refractivity contribution is 7.98. The van der Waals surface area contributed by atoms with Crippen molar-refractivity contribution in [2.45, 2.75) is 24.3 Å². The highest BCUT2D eigenvalue weighted by Gasteiger charge is 2.10. The second-order valence-electron chi connectivity index (χ2n) is 4.35. The maximum Gasteiger partial charge on any atom is 0.237 e. The molecule has 0 amide bonds. The minimum Gasteiger partial charge on any atom is -0.368 e. The van der Waals surface area contributed by atoms with Crippen LogP contribution in [0.4, 0.5) is 5.95 Å². The van der Waals surface area contributed by atoms with Gasteiger partial charge in [0.2, 0.25) is 22.8 Å². The van der Waals surface area contributed by atoms with E-state index in [4.69, 9.17) is 10.3 Å². The first-order chi connectivity index (χ1) is 10.2. The predicted molar refractivity (Wildman–Crippen MR) is 79.5 cm³/mol. The number of nitrogen functional groups attached to an aromatic ring is 1. The lowest BCUT2D eigenvalue weighted by atomic mass is 10.1. The molecule has 0 fully saturated rings. The van der Waals surface area contributed by atoms with E-state index < -0.39 is 0 Å². The summed E-state index contributed by atoms with van der Waals surface area (Å²) >= 11 is 1.38. The molecule has 0 unspecified atom stereocenters. The first-order valence-electron chi connectivity index (χ1n) is 6.47. The van der Waals surface area contributed by atoms with E-state index in [0.717, 1.165) is 12.0 Å². The minimum absolute atomic E-state index is 0.291. The Hall–Kier alpha value is -2.35. The first-order valence-corrected chi connectivity index (χ1v) is 7.45. The summed E-state index contributed by atoms with van der Waals surface area (Å²) in [6, 6.07) is 8.13. The van der Waals surface area contributed by atoms with Crippen LogP contribution in [0.25, 0.3) is 11.4 Å². The number of nitrogens with one attached hydrogen (secondary N) is 1. The monoisotopic (exact) mass is 302 g/mol. The number of aromatic nitrogens is 5. The summed E-state index contributed by atoms with van der Waals surface area (Å²) in [5, 5.41) is 11.0.